The molecule has 2 aromatic heterocycles. The summed E-state index contributed by atoms with van der Waals surface area (Å²) < 4.78 is 30.5. The summed E-state index contributed by atoms with van der Waals surface area (Å²) in [5, 5.41) is 12.6. The first kappa shape index (κ1) is 29.6. The highest BCUT2D eigenvalue weighted by atomic mass is 32.2. The Morgan fingerprint density at radius 3 is 2.26 bits per heavy atom. The Morgan fingerprint density at radius 2 is 1.65 bits per heavy atom. The highest BCUT2D eigenvalue weighted by Crippen LogP contribution is 2.43. The molecule has 6 rings (SSSR count). The molecule has 2 fully saturated rings. The Kier molecular flexibility index (Phi) is 7.95. The van der Waals surface area contributed by atoms with E-state index in [2.05, 4.69) is 43.5 Å². The van der Waals surface area contributed by atoms with Crippen LogP contribution in [0.2, 0.25) is 0 Å². The number of aromatic nitrogens is 2. The maximum atomic E-state index is 13.3. The Bertz CT molecular complexity index is 1670. The van der Waals surface area contributed by atoms with E-state index in [0.29, 0.717) is 21.6 Å². The van der Waals surface area contributed by atoms with Gasteiger partial charge in [-0.3, -0.25) is 5.32 Å². The largest absolute Gasteiger partial charge is 0.324 e. The van der Waals surface area contributed by atoms with Crippen LogP contribution in [0.25, 0.3) is 5.69 Å². The second-order valence-electron chi connectivity index (χ2n) is 12.9. The number of benzene rings is 2. The molecular formula is C33H39N5O3S2. The van der Waals surface area contributed by atoms with Gasteiger partial charge in [-0.25, -0.2) is 17.9 Å². The Balaban J connectivity index is 1.08. The molecule has 0 aliphatic carbocycles. The molecular weight excluding hydrogens is 579 g/mol. The molecule has 0 spiro atoms. The maximum Gasteiger partial charge on any atom is 0.324 e. The predicted octanol–water partition coefficient (Wildman–Crippen LogP) is 7.36. The molecule has 8 nitrogen and oxygen atoms in total. The molecule has 2 atom stereocenters. The van der Waals surface area contributed by atoms with Gasteiger partial charge in [-0.15, -0.1) is 11.3 Å². The number of hydrogen-bond donors (Lipinski definition) is 2. The zero-order valence-electron chi connectivity index (χ0n) is 25.1. The van der Waals surface area contributed by atoms with E-state index < -0.39 is 10.0 Å². The number of hydrogen-bond acceptors (Lipinski definition) is 5. The summed E-state index contributed by atoms with van der Waals surface area (Å²) in [6.45, 7) is 8.34. The summed E-state index contributed by atoms with van der Waals surface area (Å²) in [6.07, 6.45) is 4.54. The monoisotopic (exact) mass is 617 g/mol. The molecule has 2 aliphatic rings. The lowest BCUT2D eigenvalue weighted by atomic mass is 9.87. The molecule has 2 amide bonds. The fraction of sp³-hybridized carbons (Fsp3) is 0.394. The number of fused-ring (bicyclic) bond motifs is 2. The number of anilines is 2. The van der Waals surface area contributed by atoms with Crippen molar-refractivity contribution < 1.29 is 13.2 Å². The second-order valence-corrected chi connectivity index (χ2v) is 15.9. The number of rotatable bonds is 7. The van der Waals surface area contributed by atoms with E-state index >= 15 is 0 Å². The van der Waals surface area contributed by atoms with Crippen molar-refractivity contribution in [2.45, 2.75) is 81.5 Å². The molecule has 0 saturated carbocycles. The van der Waals surface area contributed by atoms with Crippen molar-refractivity contribution in [3.63, 3.8) is 0 Å². The third kappa shape index (κ3) is 6.27. The summed E-state index contributed by atoms with van der Waals surface area (Å²) in [4.78, 5) is 13.0. The first-order chi connectivity index (χ1) is 20.5. The van der Waals surface area contributed by atoms with Crippen LogP contribution in [-0.4, -0.2) is 40.6 Å². The summed E-state index contributed by atoms with van der Waals surface area (Å²) in [6, 6.07) is 21.3. The van der Waals surface area contributed by atoms with Crippen LogP contribution in [0.4, 0.5) is 16.3 Å². The Morgan fingerprint density at radius 1 is 0.977 bits per heavy atom. The van der Waals surface area contributed by atoms with E-state index in [-0.39, 0.29) is 23.5 Å². The zero-order valence-corrected chi connectivity index (χ0v) is 26.7. The van der Waals surface area contributed by atoms with Crippen molar-refractivity contribution in [1.29, 1.82) is 0 Å². The molecule has 4 heterocycles. The van der Waals surface area contributed by atoms with Crippen molar-refractivity contribution in [3.8, 4) is 5.69 Å². The minimum atomic E-state index is -3.42. The minimum absolute atomic E-state index is 0.0765. The standard InChI is InChI=1S/C33H39N5O3S2/c1-22-7-13-26(14-8-22)37-30(21-29(36-37)33(2,3)4)35-32(39)34-25-11-9-23(10-12-25)18-24-19-27-15-16-28(20-24)38(27)43(40,41)31-6-5-17-42-31/h5-14,17,21,24,27-28H,15-16,18-20H2,1-4H3,(H2,34,35,39). The summed E-state index contributed by atoms with van der Waals surface area (Å²) in [5.74, 6) is 1.04. The van der Waals surface area contributed by atoms with Crippen molar-refractivity contribution in [1.82, 2.24) is 14.1 Å². The van der Waals surface area contributed by atoms with Gasteiger partial charge in [-0.05, 0) is 86.2 Å². The van der Waals surface area contributed by atoms with Crippen LogP contribution in [0, 0.1) is 12.8 Å². The summed E-state index contributed by atoms with van der Waals surface area (Å²) in [5.41, 5.74) is 4.64. The Hall–Kier alpha value is -3.47. The van der Waals surface area contributed by atoms with Gasteiger partial charge in [0.15, 0.2) is 0 Å². The molecule has 2 bridgehead atoms. The number of urea groups is 1. The quantitative estimate of drug-likeness (QED) is 0.227. The van der Waals surface area contributed by atoms with Crippen LogP contribution >= 0.6 is 11.3 Å². The molecule has 2 aromatic carbocycles. The summed E-state index contributed by atoms with van der Waals surface area (Å²) in [7, 11) is -3.42. The number of amides is 2. The van der Waals surface area contributed by atoms with Gasteiger partial charge in [0.2, 0.25) is 0 Å². The average molecular weight is 618 g/mol. The van der Waals surface area contributed by atoms with Gasteiger partial charge in [0.05, 0.1) is 11.4 Å². The highest BCUT2D eigenvalue weighted by Gasteiger charge is 2.47. The Labute approximate surface area is 258 Å². The van der Waals surface area contributed by atoms with Gasteiger partial charge in [-0.1, -0.05) is 56.7 Å². The van der Waals surface area contributed by atoms with Crippen LogP contribution in [0.1, 0.15) is 63.3 Å². The lowest BCUT2D eigenvalue weighted by Gasteiger charge is -2.37. The van der Waals surface area contributed by atoms with Crippen molar-refractivity contribution in [3.05, 3.63) is 88.9 Å². The molecule has 226 valence electrons. The van der Waals surface area contributed by atoms with E-state index in [1.54, 1.807) is 21.1 Å². The number of nitrogens with one attached hydrogen (secondary N) is 2. The fourth-order valence-corrected chi connectivity index (χ4v) is 9.36. The first-order valence-corrected chi connectivity index (χ1v) is 17.2. The van der Waals surface area contributed by atoms with E-state index in [4.69, 9.17) is 5.10 Å². The highest BCUT2D eigenvalue weighted by molar-refractivity contribution is 7.91. The van der Waals surface area contributed by atoms with Crippen LogP contribution in [-0.2, 0) is 21.9 Å². The van der Waals surface area contributed by atoms with E-state index in [1.165, 1.54) is 16.9 Å². The molecule has 2 N–H and O–H groups in total. The predicted molar refractivity (Wildman–Crippen MR) is 173 cm³/mol. The molecule has 10 heteroatoms. The van der Waals surface area contributed by atoms with Gasteiger partial charge in [-0.2, -0.15) is 9.40 Å². The fourth-order valence-electron chi connectivity index (χ4n) is 6.38. The second kappa shape index (κ2) is 11.6. The number of nitrogens with zero attached hydrogens (tertiary/aromatic N) is 3. The lowest BCUT2D eigenvalue weighted by molar-refractivity contribution is 0.190. The van der Waals surface area contributed by atoms with E-state index in [0.717, 1.165) is 49.0 Å². The van der Waals surface area contributed by atoms with Gasteiger partial charge in [0.25, 0.3) is 10.0 Å². The normalized spacial score (nSPS) is 20.7. The van der Waals surface area contributed by atoms with Crippen LogP contribution < -0.4 is 10.6 Å². The number of carbonyl (C=O) groups excluding carboxylic acids is 1. The molecule has 4 aromatic rings. The van der Waals surface area contributed by atoms with Gasteiger partial charge >= 0.3 is 6.03 Å². The molecule has 2 unspecified atom stereocenters. The average Bonchev–Trinajstić information content (AvgIpc) is 3.70. The molecule has 2 aliphatic heterocycles. The zero-order chi connectivity index (χ0) is 30.4. The summed E-state index contributed by atoms with van der Waals surface area (Å²) >= 11 is 1.30. The van der Waals surface area contributed by atoms with E-state index in [1.807, 2.05) is 54.8 Å². The minimum Gasteiger partial charge on any atom is -0.308 e. The van der Waals surface area contributed by atoms with Crippen LogP contribution in [0.15, 0.2) is 76.3 Å². The number of thiophene rings is 1. The van der Waals surface area contributed by atoms with Crippen LogP contribution in [0.5, 0.6) is 0 Å². The molecule has 2 saturated heterocycles. The van der Waals surface area contributed by atoms with Crippen LogP contribution in [0.3, 0.4) is 0 Å². The number of piperidine rings is 1. The van der Waals surface area contributed by atoms with Crippen molar-refractivity contribution >= 4 is 38.9 Å². The van der Waals surface area contributed by atoms with Gasteiger partial charge in [0, 0.05) is 29.3 Å². The third-order valence-corrected chi connectivity index (χ3v) is 11.9. The molecule has 43 heavy (non-hydrogen) atoms. The van der Waals surface area contributed by atoms with E-state index in [9.17, 15) is 13.2 Å². The number of sulfonamides is 1. The van der Waals surface area contributed by atoms with Crippen molar-refractivity contribution in [2.24, 2.45) is 5.92 Å². The third-order valence-electron chi connectivity index (χ3n) is 8.52. The first-order valence-electron chi connectivity index (χ1n) is 14.9. The molecule has 0 radical (unpaired) electrons. The lowest BCUT2D eigenvalue weighted by Crippen LogP contribution is -2.46. The van der Waals surface area contributed by atoms with Gasteiger partial charge in [0.1, 0.15) is 10.0 Å². The van der Waals surface area contributed by atoms with Gasteiger partial charge < -0.3 is 5.32 Å². The number of carbonyl (C=O) groups is 1. The van der Waals surface area contributed by atoms with Crippen molar-refractivity contribution in [2.75, 3.05) is 10.6 Å². The maximum absolute atomic E-state index is 13.3. The number of aryl methyl sites for hydroxylation is 1. The smallest absolute Gasteiger partial charge is 0.308 e. The topological polar surface area (TPSA) is 96.3 Å². The SMILES string of the molecule is Cc1ccc(-n2nc(C(C)(C)C)cc2NC(=O)Nc2ccc(CC3CC4CCC(C3)N4S(=O)(=O)c3cccs3)cc2)cc1.